The topological polar surface area (TPSA) is 47.6 Å². The summed E-state index contributed by atoms with van der Waals surface area (Å²) in [5.41, 5.74) is 3.03. The van der Waals surface area contributed by atoms with Crippen LogP contribution in [-0.4, -0.2) is 23.6 Å². The lowest BCUT2D eigenvalue weighted by atomic mass is 9.96. The van der Waals surface area contributed by atoms with E-state index in [2.05, 4.69) is 14.7 Å². The number of pyridine rings is 1. The van der Waals surface area contributed by atoms with Gasteiger partial charge in [-0.15, -0.1) is 13.2 Å². The number of para-hydroxylation sites is 1. The van der Waals surface area contributed by atoms with Crippen molar-refractivity contribution in [1.29, 1.82) is 0 Å². The van der Waals surface area contributed by atoms with Crippen molar-refractivity contribution in [3.8, 4) is 17.1 Å². The smallest absolute Gasteiger partial charge is 0.457 e. The highest BCUT2D eigenvalue weighted by atomic mass is 19.4. The van der Waals surface area contributed by atoms with Crippen LogP contribution in [0.25, 0.3) is 17.4 Å². The minimum absolute atomic E-state index is 0.235. The lowest BCUT2D eigenvalue weighted by Gasteiger charge is -2.15. The van der Waals surface area contributed by atoms with Gasteiger partial charge in [-0.2, -0.15) is 0 Å². The molecule has 2 aromatic heterocycles. The molecule has 0 saturated heterocycles. The van der Waals surface area contributed by atoms with E-state index < -0.39 is 6.36 Å². The zero-order valence-electron chi connectivity index (χ0n) is 15.3. The second kappa shape index (κ2) is 7.95. The zero-order valence-corrected chi connectivity index (χ0v) is 15.3. The van der Waals surface area contributed by atoms with E-state index >= 15 is 0 Å². The van der Waals surface area contributed by atoms with Crippen LogP contribution in [0.15, 0.2) is 75.9 Å². The SMILES string of the molecule is FC(F)(F)Oc1ccccc1-c1ccc(/C=C2/CCCN=C2c2cccnc2)o1. The van der Waals surface area contributed by atoms with Crippen LogP contribution < -0.4 is 4.74 Å². The molecule has 0 aliphatic carbocycles. The van der Waals surface area contributed by atoms with Crippen LogP contribution >= 0.6 is 0 Å². The van der Waals surface area contributed by atoms with Crippen molar-refractivity contribution in [2.45, 2.75) is 19.2 Å². The predicted octanol–water partition coefficient (Wildman–Crippen LogP) is 5.91. The number of hydrogen-bond donors (Lipinski definition) is 0. The summed E-state index contributed by atoms with van der Waals surface area (Å²) in [5.74, 6) is 0.534. The number of alkyl halides is 3. The van der Waals surface area contributed by atoms with E-state index in [1.807, 2.05) is 18.2 Å². The van der Waals surface area contributed by atoms with Gasteiger partial charge in [-0.1, -0.05) is 12.1 Å². The molecule has 0 bridgehead atoms. The first-order chi connectivity index (χ1) is 14.0. The van der Waals surface area contributed by atoms with E-state index in [-0.39, 0.29) is 11.3 Å². The Balaban J connectivity index is 1.65. The number of allylic oxidation sites excluding steroid dienone is 1. The van der Waals surface area contributed by atoms with Gasteiger partial charge in [0.15, 0.2) is 0 Å². The number of furan rings is 1. The molecule has 0 radical (unpaired) electrons. The fraction of sp³-hybridized carbons (Fsp3) is 0.182. The molecule has 0 unspecified atom stereocenters. The maximum Gasteiger partial charge on any atom is 0.573 e. The maximum atomic E-state index is 12.7. The van der Waals surface area contributed by atoms with Crippen molar-refractivity contribution in [2.24, 2.45) is 4.99 Å². The Morgan fingerprint density at radius 1 is 1.03 bits per heavy atom. The quantitative estimate of drug-likeness (QED) is 0.549. The van der Waals surface area contributed by atoms with Gasteiger partial charge in [0.25, 0.3) is 0 Å². The van der Waals surface area contributed by atoms with Crippen molar-refractivity contribution in [3.05, 3.63) is 77.8 Å². The van der Waals surface area contributed by atoms with Crippen LogP contribution in [0.4, 0.5) is 13.2 Å². The number of rotatable bonds is 4. The zero-order chi connectivity index (χ0) is 20.3. The minimum Gasteiger partial charge on any atom is -0.457 e. The van der Waals surface area contributed by atoms with Crippen LogP contribution in [0.2, 0.25) is 0 Å². The Hall–Kier alpha value is -3.35. The van der Waals surface area contributed by atoms with Gasteiger partial charge in [0.2, 0.25) is 0 Å². The molecule has 1 aromatic carbocycles. The molecular formula is C22H17F3N2O2. The first kappa shape index (κ1) is 19.0. The van der Waals surface area contributed by atoms with E-state index in [0.29, 0.717) is 11.5 Å². The molecule has 3 aromatic rings. The average molecular weight is 398 g/mol. The van der Waals surface area contributed by atoms with Gasteiger partial charge in [0.05, 0.1) is 11.3 Å². The molecule has 1 aliphatic heterocycles. The first-order valence-electron chi connectivity index (χ1n) is 9.10. The fourth-order valence-corrected chi connectivity index (χ4v) is 3.23. The largest absolute Gasteiger partial charge is 0.573 e. The van der Waals surface area contributed by atoms with Gasteiger partial charge in [-0.3, -0.25) is 9.98 Å². The molecule has 0 N–H and O–H groups in total. The van der Waals surface area contributed by atoms with E-state index in [1.165, 1.54) is 18.2 Å². The van der Waals surface area contributed by atoms with Crippen molar-refractivity contribution in [1.82, 2.24) is 4.98 Å². The van der Waals surface area contributed by atoms with E-state index in [9.17, 15) is 13.2 Å². The van der Waals surface area contributed by atoms with E-state index in [0.717, 1.165) is 36.2 Å². The monoisotopic (exact) mass is 398 g/mol. The Bertz CT molecular complexity index is 1050. The molecule has 0 fully saturated rings. The van der Waals surface area contributed by atoms with Gasteiger partial charge >= 0.3 is 6.36 Å². The average Bonchev–Trinajstić information content (AvgIpc) is 3.16. The number of nitrogens with zero attached hydrogens (tertiary/aromatic N) is 2. The van der Waals surface area contributed by atoms with Crippen LogP contribution in [0.3, 0.4) is 0 Å². The third kappa shape index (κ3) is 4.56. The highest BCUT2D eigenvalue weighted by Gasteiger charge is 2.32. The Kier molecular flexibility index (Phi) is 5.20. The van der Waals surface area contributed by atoms with Gasteiger partial charge in [-0.05, 0) is 60.9 Å². The summed E-state index contributed by atoms with van der Waals surface area (Å²) in [6, 6.07) is 13.1. The maximum absolute atomic E-state index is 12.7. The summed E-state index contributed by atoms with van der Waals surface area (Å²) in [6.07, 6.45) is 2.32. The predicted molar refractivity (Wildman–Crippen MR) is 104 cm³/mol. The second-order valence-corrected chi connectivity index (χ2v) is 6.49. The Labute approximate surface area is 165 Å². The molecule has 1 aliphatic rings. The Morgan fingerprint density at radius 2 is 1.90 bits per heavy atom. The summed E-state index contributed by atoms with van der Waals surface area (Å²) >= 11 is 0. The van der Waals surface area contributed by atoms with Crippen LogP contribution in [0.5, 0.6) is 5.75 Å². The highest BCUT2D eigenvalue weighted by molar-refractivity contribution is 6.15. The molecule has 4 rings (SSSR count). The number of aromatic nitrogens is 1. The van der Waals surface area contributed by atoms with Gasteiger partial charge in [0, 0.05) is 24.5 Å². The third-order valence-corrected chi connectivity index (χ3v) is 4.43. The summed E-state index contributed by atoms with van der Waals surface area (Å²) in [4.78, 5) is 8.77. The van der Waals surface area contributed by atoms with Crippen LogP contribution in [-0.2, 0) is 0 Å². The highest BCUT2D eigenvalue weighted by Crippen LogP contribution is 2.35. The molecule has 29 heavy (non-hydrogen) atoms. The molecule has 0 atom stereocenters. The fourth-order valence-electron chi connectivity index (χ4n) is 3.23. The molecule has 148 valence electrons. The minimum atomic E-state index is -4.77. The van der Waals surface area contributed by atoms with Crippen molar-refractivity contribution >= 4 is 11.8 Å². The van der Waals surface area contributed by atoms with Crippen LogP contribution in [0.1, 0.15) is 24.2 Å². The second-order valence-electron chi connectivity index (χ2n) is 6.49. The summed E-state index contributed by atoms with van der Waals surface area (Å²) in [7, 11) is 0. The first-order valence-corrected chi connectivity index (χ1v) is 9.10. The van der Waals surface area contributed by atoms with Crippen molar-refractivity contribution in [3.63, 3.8) is 0 Å². The molecular weight excluding hydrogens is 381 g/mol. The summed E-state index contributed by atoms with van der Waals surface area (Å²) < 4.78 is 48.0. The van der Waals surface area contributed by atoms with E-state index in [4.69, 9.17) is 4.42 Å². The van der Waals surface area contributed by atoms with Crippen molar-refractivity contribution in [2.75, 3.05) is 6.54 Å². The number of aliphatic imine (C=N–C) groups is 1. The van der Waals surface area contributed by atoms with Gasteiger partial charge in [-0.25, -0.2) is 0 Å². The standard InChI is InChI=1S/C22H17F3N2O2/c23-22(24,25)29-20-8-2-1-7-18(20)19-10-9-17(28-19)13-15-5-4-12-27-21(15)16-6-3-11-26-14-16/h1-3,6-11,13-14H,4-5,12H2/b15-13-. The molecule has 0 spiro atoms. The number of benzene rings is 1. The van der Waals surface area contributed by atoms with Crippen molar-refractivity contribution < 1.29 is 22.3 Å². The molecule has 3 heterocycles. The van der Waals surface area contributed by atoms with E-state index in [1.54, 1.807) is 30.6 Å². The normalized spacial score (nSPS) is 16.0. The summed E-state index contributed by atoms with van der Waals surface area (Å²) in [6.45, 7) is 0.743. The van der Waals surface area contributed by atoms with Gasteiger partial charge in [0.1, 0.15) is 17.3 Å². The lowest BCUT2D eigenvalue weighted by Crippen LogP contribution is -2.17. The number of ether oxygens (including phenoxy) is 1. The Morgan fingerprint density at radius 3 is 2.69 bits per heavy atom. The number of halogens is 3. The third-order valence-electron chi connectivity index (χ3n) is 4.43. The van der Waals surface area contributed by atoms with Gasteiger partial charge < -0.3 is 9.15 Å². The van der Waals surface area contributed by atoms with Crippen LogP contribution in [0, 0.1) is 0 Å². The number of hydrogen-bond acceptors (Lipinski definition) is 4. The summed E-state index contributed by atoms with van der Waals surface area (Å²) in [5, 5.41) is 0. The molecule has 4 nitrogen and oxygen atoms in total. The molecule has 7 heteroatoms. The molecule has 0 amide bonds. The molecule has 0 saturated carbocycles. The lowest BCUT2D eigenvalue weighted by molar-refractivity contribution is -0.274.